The zero-order valence-corrected chi connectivity index (χ0v) is 16.7. The lowest BCUT2D eigenvalue weighted by atomic mass is 10.1. The molecule has 2 aromatic rings. The van der Waals surface area contributed by atoms with E-state index in [0.29, 0.717) is 22.0 Å². The van der Waals surface area contributed by atoms with Gasteiger partial charge < -0.3 is 5.11 Å². The lowest BCUT2D eigenvalue weighted by Gasteiger charge is -2.12. The summed E-state index contributed by atoms with van der Waals surface area (Å²) in [5.41, 5.74) is -0.765. The topological polar surface area (TPSA) is 123 Å². The monoisotopic (exact) mass is 404 g/mol. The minimum atomic E-state index is -1.28. The number of carboxylic acids is 1. The predicted octanol–water partition coefficient (Wildman–Crippen LogP) is 1.10. The molecule has 1 aliphatic rings. The molecule has 0 bridgehead atoms. The number of hydrogen-bond acceptors (Lipinski definition) is 6. The second-order valence-electron chi connectivity index (χ2n) is 7.12. The van der Waals surface area contributed by atoms with Crippen molar-refractivity contribution in [3.05, 3.63) is 31.3 Å². The molecule has 10 heteroatoms. The molecule has 1 aliphatic heterocycles. The van der Waals surface area contributed by atoms with Crippen molar-refractivity contribution < 1.29 is 14.7 Å². The first-order chi connectivity index (χ1) is 13.1. The summed E-state index contributed by atoms with van der Waals surface area (Å²) in [4.78, 5) is 58.0. The van der Waals surface area contributed by atoms with Gasteiger partial charge in [-0.3, -0.25) is 23.7 Å². The van der Waals surface area contributed by atoms with Crippen molar-refractivity contribution in [2.45, 2.75) is 39.8 Å². The highest BCUT2D eigenvalue weighted by molar-refractivity contribution is 7.19. The summed E-state index contributed by atoms with van der Waals surface area (Å²) >= 11 is 1.05. The standard InChI is InChI=1S/C18H20N4O5S/c1-8(2)7-22-16-13(15(24)21(4)18(22)27)12(17(25)26)11(28-16)5-10-14(23)19-6-9(3)20-10/h6,8,10H,5,7H2,1-4H3,(H,25,26). The Morgan fingerprint density at radius 3 is 2.61 bits per heavy atom. The number of carboxylic acid groups (broad SMARTS) is 1. The van der Waals surface area contributed by atoms with E-state index >= 15 is 0 Å². The van der Waals surface area contributed by atoms with Gasteiger partial charge >= 0.3 is 11.7 Å². The van der Waals surface area contributed by atoms with E-state index in [0.717, 1.165) is 15.9 Å². The van der Waals surface area contributed by atoms with Crippen molar-refractivity contribution in [2.24, 2.45) is 23.0 Å². The van der Waals surface area contributed by atoms with Crippen LogP contribution < -0.4 is 11.2 Å². The zero-order chi connectivity index (χ0) is 20.7. The predicted molar refractivity (Wildman–Crippen MR) is 107 cm³/mol. The fourth-order valence-corrected chi connectivity index (χ4v) is 4.48. The molecule has 0 radical (unpaired) electrons. The number of amides is 1. The minimum absolute atomic E-state index is 0.00746. The molecule has 3 rings (SSSR count). The molecule has 0 aliphatic carbocycles. The van der Waals surface area contributed by atoms with E-state index in [-0.39, 0.29) is 23.3 Å². The van der Waals surface area contributed by atoms with Crippen molar-refractivity contribution in [3.63, 3.8) is 0 Å². The second-order valence-corrected chi connectivity index (χ2v) is 8.21. The van der Waals surface area contributed by atoms with Gasteiger partial charge in [-0.2, -0.15) is 0 Å². The number of carbonyl (C=O) groups excluding carboxylic acids is 1. The van der Waals surface area contributed by atoms with E-state index in [4.69, 9.17) is 0 Å². The van der Waals surface area contributed by atoms with E-state index in [2.05, 4.69) is 9.98 Å². The van der Waals surface area contributed by atoms with Gasteiger partial charge in [0.1, 0.15) is 10.9 Å². The quantitative estimate of drug-likeness (QED) is 0.799. The molecule has 28 heavy (non-hydrogen) atoms. The summed E-state index contributed by atoms with van der Waals surface area (Å²) in [6, 6.07) is -0.842. The fourth-order valence-electron chi connectivity index (χ4n) is 3.16. The average molecular weight is 404 g/mol. The highest BCUT2D eigenvalue weighted by atomic mass is 32.1. The van der Waals surface area contributed by atoms with Crippen LogP contribution in [0.2, 0.25) is 0 Å². The third kappa shape index (κ3) is 3.35. The SMILES string of the molecule is CC1=NC(Cc2sc3c(c2C(=O)O)c(=O)n(C)c(=O)n3CC(C)C)C(=O)N=C1. The first-order valence-electron chi connectivity index (χ1n) is 8.72. The van der Waals surface area contributed by atoms with E-state index in [1.54, 1.807) is 6.92 Å². The highest BCUT2D eigenvalue weighted by Gasteiger charge is 2.29. The highest BCUT2D eigenvalue weighted by Crippen LogP contribution is 2.31. The van der Waals surface area contributed by atoms with Crippen LogP contribution in [0, 0.1) is 5.92 Å². The molecule has 1 atom stereocenters. The molecule has 1 N–H and O–H groups in total. The van der Waals surface area contributed by atoms with Crippen molar-refractivity contribution in [1.82, 2.24) is 9.13 Å². The first-order valence-corrected chi connectivity index (χ1v) is 9.54. The van der Waals surface area contributed by atoms with Crippen LogP contribution in [0.5, 0.6) is 0 Å². The Hall–Kier alpha value is -2.88. The minimum Gasteiger partial charge on any atom is -0.478 e. The summed E-state index contributed by atoms with van der Waals surface area (Å²) in [5.74, 6) is -1.63. The number of aliphatic imine (C=N–C) groups is 2. The van der Waals surface area contributed by atoms with Crippen molar-refractivity contribution in [2.75, 3.05) is 0 Å². The Bertz CT molecular complexity index is 1170. The van der Waals surface area contributed by atoms with Gasteiger partial charge in [-0.25, -0.2) is 14.6 Å². The Labute approximate surface area is 163 Å². The van der Waals surface area contributed by atoms with Crippen LogP contribution in [0.4, 0.5) is 0 Å². The summed E-state index contributed by atoms with van der Waals surface area (Å²) in [6.45, 7) is 5.88. The number of nitrogens with zero attached hydrogens (tertiary/aromatic N) is 4. The van der Waals surface area contributed by atoms with Crippen LogP contribution in [-0.4, -0.2) is 44.1 Å². The Balaban J connectivity index is 2.28. The summed E-state index contributed by atoms with van der Waals surface area (Å²) in [7, 11) is 1.33. The van der Waals surface area contributed by atoms with Crippen molar-refractivity contribution in [1.29, 1.82) is 0 Å². The van der Waals surface area contributed by atoms with Gasteiger partial charge in [0.05, 0.1) is 22.9 Å². The van der Waals surface area contributed by atoms with Crippen LogP contribution in [0.3, 0.4) is 0 Å². The number of hydrogen-bond donors (Lipinski definition) is 1. The lowest BCUT2D eigenvalue weighted by molar-refractivity contribution is -0.118. The average Bonchev–Trinajstić information content (AvgIpc) is 2.99. The fraction of sp³-hybridized carbons (Fsp3) is 0.444. The largest absolute Gasteiger partial charge is 0.478 e. The summed E-state index contributed by atoms with van der Waals surface area (Å²) < 4.78 is 2.35. The molecule has 3 heterocycles. The molecule has 0 saturated carbocycles. The number of aromatic nitrogens is 2. The molecule has 0 fully saturated rings. The maximum Gasteiger partial charge on any atom is 0.337 e. The number of thiophene rings is 1. The molecule has 1 unspecified atom stereocenters. The third-order valence-electron chi connectivity index (χ3n) is 4.41. The van der Waals surface area contributed by atoms with Gasteiger partial charge in [0.25, 0.3) is 11.5 Å². The van der Waals surface area contributed by atoms with Gasteiger partial charge in [0.15, 0.2) is 0 Å². The number of rotatable bonds is 5. The molecule has 9 nitrogen and oxygen atoms in total. The Morgan fingerprint density at radius 1 is 1.32 bits per heavy atom. The van der Waals surface area contributed by atoms with E-state index in [9.17, 15) is 24.3 Å². The van der Waals surface area contributed by atoms with Crippen LogP contribution in [0.25, 0.3) is 10.2 Å². The number of aromatic carboxylic acids is 1. The molecular formula is C18H20N4O5S. The maximum atomic E-state index is 12.7. The van der Waals surface area contributed by atoms with Crippen LogP contribution >= 0.6 is 11.3 Å². The van der Waals surface area contributed by atoms with Gasteiger partial charge in [0, 0.05) is 24.9 Å². The van der Waals surface area contributed by atoms with E-state index in [1.165, 1.54) is 17.8 Å². The number of fused-ring (bicyclic) bond motifs is 1. The lowest BCUT2D eigenvalue weighted by Crippen LogP contribution is -2.38. The number of carbonyl (C=O) groups is 2. The zero-order valence-electron chi connectivity index (χ0n) is 15.9. The van der Waals surface area contributed by atoms with Crippen LogP contribution in [-0.2, 0) is 24.8 Å². The summed E-state index contributed by atoms with van der Waals surface area (Å²) in [6.07, 6.45) is 1.37. The van der Waals surface area contributed by atoms with Gasteiger partial charge in [-0.15, -0.1) is 11.3 Å². The van der Waals surface area contributed by atoms with Crippen LogP contribution in [0.1, 0.15) is 36.0 Å². The van der Waals surface area contributed by atoms with Gasteiger partial charge in [-0.1, -0.05) is 13.8 Å². The Kier molecular flexibility index (Phi) is 5.16. The van der Waals surface area contributed by atoms with Crippen molar-refractivity contribution >= 4 is 45.4 Å². The van der Waals surface area contributed by atoms with Crippen molar-refractivity contribution in [3.8, 4) is 0 Å². The smallest absolute Gasteiger partial charge is 0.337 e. The third-order valence-corrected chi connectivity index (χ3v) is 5.64. The molecule has 0 saturated heterocycles. The second kappa shape index (κ2) is 7.27. The normalized spacial score (nSPS) is 16.8. The van der Waals surface area contributed by atoms with Gasteiger partial charge in [-0.05, 0) is 12.8 Å². The van der Waals surface area contributed by atoms with Gasteiger partial charge in [0.2, 0.25) is 0 Å². The molecule has 148 valence electrons. The molecule has 2 aromatic heterocycles. The Morgan fingerprint density at radius 2 is 2.00 bits per heavy atom. The molecule has 0 aromatic carbocycles. The summed E-state index contributed by atoms with van der Waals surface area (Å²) in [5, 5.41) is 9.77. The maximum absolute atomic E-state index is 12.7. The van der Waals surface area contributed by atoms with Crippen LogP contribution in [0.15, 0.2) is 19.6 Å². The van der Waals surface area contributed by atoms with E-state index < -0.39 is 29.2 Å². The van der Waals surface area contributed by atoms with E-state index in [1.807, 2.05) is 13.8 Å². The molecule has 1 amide bonds. The first kappa shape index (κ1) is 19.9. The molecular weight excluding hydrogens is 384 g/mol. The molecule has 0 spiro atoms.